The third-order valence-corrected chi connectivity index (χ3v) is 4.92. The molecule has 3 aromatic rings. The molecule has 144 valence electrons. The number of aromatic hydroxyl groups is 1. The number of methoxy groups -OCH3 is 1. The topological polar surface area (TPSA) is 76.4 Å². The lowest BCUT2D eigenvalue weighted by molar-refractivity contribution is 0.0944. The first-order valence-electron chi connectivity index (χ1n) is 9.08. The van der Waals surface area contributed by atoms with E-state index in [4.69, 9.17) is 4.74 Å². The average molecular weight is 381 g/mol. The summed E-state index contributed by atoms with van der Waals surface area (Å²) in [5.41, 5.74) is 3.24. The molecule has 1 aromatic heterocycles. The quantitative estimate of drug-likeness (QED) is 0.712. The van der Waals surface area contributed by atoms with E-state index in [2.05, 4.69) is 10.4 Å². The Morgan fingerprint density at radius 3 is 2.89 bits per heavy atom. The molecule has 0 spiro atoms. The summed E-state index contributed by atoms with van der Waals surface area (Å²) < 4.78 is 20.9. The molecule has 1 aliphatic rings. The third-order valence-electron chi connectivity index (χ3n) is 4.92. The van der Waals surface area contributed by atoms with Crippen LogP contribution in [0.3, 0.4) is 0 Å². The second-order valence-corrected chi connectivity index (χ2v) is 6.68. The van der Waals surface area contributed by atoms with Crippen LogP contribution in [0.25, 0.3) is 5.69 Å². The molecular formula is C21H20FN3O3. The molecule has 1 amide bonds. The molecule has 1 heterocycles. The Labute approximate surface area is 161 Å². The van der Waals surface area contributed by atoms with Gasteiger partial charge in [0, 0.05) is 17.8 Å². The van der Waals surface area contributed by atoms with Crippen LogP contribution >= 0.6 is 0 Å². The summed E-state index contributed by atoms with van der Waals surface area (Å²) in [4.78, 5) is 12.8. The van der Waals surface area contributed by atoms with Crippen molar-refractivity contribution < 1.29 is 19.0 Å². The van der Waals surface area contributed by atoms with Crippen LogP contribution in [-0.4, -0.2) is 27.9 Å². The number of fused-ring (bicyclic) bond motifs is 1. The van der Waals surface area contributed by atoms with Gasteiger partial charge in [-0.1, -0.05) is 18.2 Å². The van der Waals surface area contributed by atoms with Crippen LogP contribution in [0.15, 0.2) is 42.5 Å². The van der Waals surface area contributed by atoms with Gasteiger partial charge in [-0.25, -0.2) is 9.07 Å². The predicted octanol–water partition coefficient (Wildman–Crippen LogP) is 3.14. The van der Waals surface area contributed by atoms with Gasteiger partial charge in [-0.2, -0.15) is 5.10 Å². The van der Waals surface area contributed by atoms with Crippen molar-refractivity contribution in [1.82, 2.24) is 15.1 Å². The molecule has 0 bridgehead atoms. The van der Waals surface area contributed by atoms with Gasteiger partial charge in [-0.15, -0.1) is 0 Å². The van der Waals surface area contributed by atoms with Crippen LogP contribution in [0, 0.1) is 5.82 Å². The van der Waals surface area contributed by atoms with E-state index in [-0.39, 0.29) is 24.0 Å². The molecule has 2 aromatic carbocycles. The van der Waals surface area contributed by atoms with E-state index >= 15 is 0 Å². The lowest BCUT2D eigenvalue weighted by Crippen LogP contribution is -2.24. The van der Waals surface area contributed by atoms with Crippen LogP contribution in [-0.2, 0) is 19.4 Å². The molecule has 0 fully saturated rings. The number of phenolic OH excluding ortho intramolecular Hbond substituents is 1. The summed E-state index contributed by atoms with van der Waals surface area (Å²) in [7, 11) is 1.47. The van der Waals surface area contributed by atoms with Gasteiger partial charge >= 0.3 is 0 Å². The molecule has 0 unspecified atom stereocenters. The molecule has 0 aliphatic heterocycles. The van der Waals surface area contributed by atoms with Crippen molar-refractivity contribution in [3.05, 3.63) is 70.8 Å². The number of carbonyl (C=O) groups excluding carboxylic acids is 1. The second-order valence-electron chi connectivity index (χ2n) is 6.68. The van der Waals surface area contributed by atoms with Crippen LogP contribution in [0.2, 0.25) is 0 Å². The lowest BCUT2D eigenvalue weighted by atomic mass is 10.1. The standard InChI is InChI=1S/C21H20FN3O3/c1-28-19-11-13(9-10-18(19)26)12-23-21(27)20-14-5-4-8-16(14)25(24-20)17-7-3-2-6-15(17)22/h2-3,6-7,9-11,26H,4-5,8,12H2,1H3,(H,23,27). The number of para-hydroxylation sites is 1. The summed E-state index contributed by atoms with van der Waals surface area (Å²) in [6.07, 6.45) is 2.43. The lowest BCUT2D eigenvalue weighted by Gasteiger charge is -2.08. The normalized spacial score (nSPS) is 12.6. The van der Waals surface area contributed by atoms with Crippen molar-refractivity contribution in [2.45, 2.75) is 25.8 Å². The zero-order valence-electron chi connectivity index (χ0n) is 15.4. The fraction of sp³-hybridized carbons (Fsp3) is 0.238. The molecule has 0 atom stereocenters. The summed E-state index contributed by atoms with van der Waals surface area (Å²) >= 11 is 0. The first kappa shape index (κ1) is 18.0. The number of halogens is 1. The Morgan fingerprint density at radius 2 is 2.11 bits per heavy atom. The first-order valence-corrected chi connectivity index (χ1v) is 9.08. The number of rotatable bonds is 5. The van der Waals surface area contributed by atoms with Gasteiger partial charge in [0.1, 0.15) is 11.5 Å². The predicted molar refractivity (Wildman–Crippen MR) is 101 cm³/mol. The number of nitrogens with one attached hydrogen (secondary N) is 1. The number of ether oxygens (including phenoxy) is 1. The van der Waals surface area contributed by atoms with Crippen molar-refractivity contribution >= 4 is 5.91 Å². The van der Waals surface area contributed by atoms with Gasteiger partial charge in [0.25, 0.3) is 5.91 Å². The van der Waals surface area contributed by atoms with Crippen molar-refractivity contribution in [2.75, 3.05) is 7.11 Å². The molecule has 0 radical (unpaired) electrons. The first-order chi connectivity index (χ1) is 13.6. The van der Waals surface area contributed by atoms with Crippen LogP contribution in [0.5, 0.6) is 11.5 Å². The van der Waals surface area contributed by atoms with Gasteiger partial charge in [0.2, 0.25) is 0 Å². The van der Waals surface area contributed by atoms with E-state index in [1.807, 2.05) is 0 Å². The maximum atomic E-state index is 14.2. The van der Waals surface area contributed by atoms with E-state index in [0.717, 1.165) is 36.1 Å². The monoisotopic (exact) mass is 381 g/mol. The Bertz CT molecular complexity index is 1050. The number of amides is 1. The summed E-state index contributed by atoms with van der Waals surface area (Å²) in [5.74, 6) is -0.293. The number of carbonyl (C=O) groups is 1. The number of hydrogen-bond donors (Lipinski definition) is 2. The highest BCUT2D eigenvalue weighted by atomic mass is 19.1. The highest BCUT2D eigenvalue weighted by molar-refractivity contribution is 5.94. The molecule has 4 rings (SSSR count). The third kappa shape index (κ3) is 3.19. The van der Waals surface area contributed by atoms with Gasteiger partial charge in [0.15, 0.2) is 17.2 Å². The molecule has 0 saturated carbocycles. The Kier molecular flexibility index (Phi) is 4.73. The van der Waals surface area contributed by atoms with Gasteiger partial charge in [-0.3, -0.25) is 4.79 Å². The van der Waals surface area contributed by atoms with Crippen molar-refractivity contribution in [1.29, 1.82) is 0 Å². The number of aromatic nitrogens is 2. The molecule has 7 heteroatoms. The van der Waals surface area contributed by atoms with Crippen LogP contribution < -0.4 is 10.1 Å². The van der Waals surface area contributed by atoms with E-state index in [9.17, 15) is 14.3 Å². The maximum absolute atomic E-state index is 14.2. The molecule has 0 saturated heterocycles. The van der Waals surface area contributed by atoms with Crippen molar-refractivity contribution in [2.24, 2.45) is 0 Å². The fourth-order valence-corrected chi connectivity index (χ4v) is 3.54. The molecule has 1 aliphatic carbocycles. The summed E-state index contributed by atoms with van der Waals surface area (Å²) in [6, 6.07) is 11.3. The van der Waals surface area contributed by atoms with Gasteiger partial charge in [-0.05, 0) is 49.1 Å². The Balaban J connectivity index is 1.59. The molecule has 6 nitrogen and oxygen atoms in total. The number of benzene rings is 2. The zero-order chi connectivity index (χ0) is 19.7. The largest absolute Gasteiger partial charge is 0.504 e. The second kappa shape index (κ2) is 7.34. The van der Waals surface area contributed by atoms with E-state index in [0.29, 0.717) is 17.1 Å². The number of hydrogen-bond acceptors (Lipinski definition) is 4. The van der Waals surface area contributed by atoms with Crippen molar-refractivity contribution in [3.8, 4) is 17.2 Å². The van der Waals surface area contributed by atoms with E-state index in [1.165, 1.54) is 19.2 Å². The Morgan fingerprint density at radius 1 is 1.29 bits per heavy atom. The fourth-order valence-electron chi connectivity index (χ4n) is 3.54. The van der Waals surface area contributed by atoms with Gasteiger partial charge < -0.3 is 15.2 Å². The van der Waals surface area contributed by atoms with Crippen molar-refractivity contribution in [3.63, 3.8) is 0 Å². The SMILES string of the molecule is COc1cc(CNC(=O)c2nn(-c3ccccc3F)c3c2CCC3)ccc1O. The number of phenols is 1. The van der Waals surface area contributed by atoms with Crippen LogP contribution in [0.1, 0.15) is 33.7 Å². The summed E-state index contributed by atoms with van der Waals surface area (Å²) in [6.45, 7) is 0.261. The Hall–Kier alpha value is -3.35. The zero-order valence-corrected chi connectivity index (χ0v) is 15.4. The minimum atomic E-state index is -0.372. The highest BCUT2D eigenvalue weighted by Crippen LogP contribution is 2.29. The maximum Gasteiger partial charge on any atom is 0.272 e. The van der Waals surface area contributed by atoms with E-state index in [1.54, 1.807) is 35.0 Å². The average Bonchev–Trinajstić information content (AvgIpc) is 3.30. The van der Waals surface area contributed by atoms with Gasteiger partial charge in [0.05, 0.1) is 7.11 Å². The smallest absolute Gasteiger partial charge is 0.272 e. The molecule has 28 heavy (non-hydrogen) atoms. The molecular weight excluding hydrogens is 361 g/mol. The van der Waals surface area contributed by atoms with Crippen LogP contribution in [0.4, 0.5) is 4.39 Å². The van der Waals surface area contributed by atoms with E-state index < -0.39 is 0 Å². The highest BCUT2D eigenvalue weighted by Gasteiger charge is 2.27. The minimum absolute atomic E-state index is 0.0408. The molecule has 2 N–H and O–H groups in total. The minimum Gasteiger partial charge on any atom is -0.504 e. The number of nitrogens with zero attached hydrogens (tertiary/aromatic N) is 2. The summed E-state index contributed by atoms with van der Waals surface area (Å²) in [5, 5.41) is 16.9.